The fourth-order valence-electron chi connectivity index (χ4n) is 1.46. The molecule has 0 rings (SSSR count). The van der Waals surface area contributed by atoms with Crippen LogP contribution < -0.4 is 5.32 Å². The summed E-state index contributed by atoms with van der Waals surface area (Å²) in [6, 6.07) is 0. The molecule has 4 nitrogen and oxygen atoms in total. The van der Waals surface area contributed by atoms with Crippen molar-refractivity contribution in [2.45, 2.75) is 45.8 Å². The molecule has 5 heteroatoms. The number of nitrogens with one attached hydrogen (secondary N) is 1. The second kappa shape index (κ2) is 7.67. The summed E-state index contributed by atoms with van der Waals surface area (Å²) in [5, 5.41) is 12.5. The van der Waals surface area contributed by atoms with Crippen LogP contribution >= 0.6 is 11.8 Å². The van der Waals surface area contributed by atoms with E-state index in [0.29, 0.717) is 11.8 Å². The molecule has 2 atom stereocenters. The second-order valence-corrected chi connectivity index (χ2v) is 6.52. The standard InChI is InChI=1S/C13H25NO3S/c1-9(2)13(4,12(16)17)8-11(15)14-7-6-10(3)18-5/h9-10H,6-8H2,1-5H3,(H,14,15)(H,16,17). The third-order valence-corrected chi connectivity index (χ3v) is 4.61. The first-order valence-corrected chi connectivity index (χ1v) is 7.55. The number of carbonyl (C=O) groups is 2. The summed E-state index contributed by atoms with van der Waals surface area (Å²) in [7, 11) is 0. The lowest BCUT2D eigenvalue weighted by Gasteiger charge is -2.28. The highest BCUT2D eigenvalue weighted by Gasteiger charge is 2.38. The van der Waals surface area contributed by atoms with Crippen LogP contribution in [0.2, 0.25) is 0 Å². The van der Waals surface area contributed by atoms with Crippen LogP contribution in [0, 0.1) is 11.3 Å². The van der Waals surface area contributed by atoms with Crippen LogP contribution in [0.5, 0.6) is 0 Å². The zero-order valence-electron chi connectivity index (χ0n) is 11.9. The number of rotatable bonds is 8. The highest BCUT2D eigenvalue weighted by atomic mass is 32.2. The van der Waals surface area contributed by atoms with Crippen LogP contribution in [0.3, 0.4) is 0 Å². The fraction of sp³-hybridized carbons (Fsp3) is 0.846. The Hall–Kier alpha value is -0.710. The van der Waals surface area contributed by atoms with Crippen molar-refractivity contribution in [3.8, 4) is 0 Å². The Morgan fingerprint density at radius 1 is 1.33 bits per heavy atom. The van der Waals surface area contributed by atoms with Crippen molar-refractivity contribution in [1.29, 1.82) is 0 Å². The van der Waals surface area contributed by atoms with Gasteiger partial charge in [-0.15, -0.1) is 0 Å². The van der Waals surface area contributed by atoms with Gasteiger partial charge in [0.2, 0.25) is 5.91 Å². The molecule has 0 heterocycles. The van der Waals surface area contributed by atoms with Gasteiger partial charge in [0.1, 0.15) is 0 Å². The smallest absolute Gasteiger partial charge is 0.310 e. The van der Waals surface area contributed by atoms with Gasteiger partial charge >= 0.3 is 5.97 Å². The summed E-state index contributed by atoms with van der Waals surface area (Å²) in [4.78, 5) is 23.0. The van der Waals surface area contributed by atoms with E-state index in [-0.39, 0.29) is 18.2 Å². The lowest BCUT2D eigenvalue weighted by molar-refractivity contribution is -0.153. The van der Waals surface area contributed by atoms with Gasteiger partial charge in [-0.1, -0.05) is 20.8 Å². The minimum absolute atomic E-state index is 0.0354. The Morgan fingerprint density at radius 3 is 2.28 bits per heavy atom. The van der Waals surface area contributed by atoms with Crippen LogP contribution in [-0.4, -0.2) is 35.0 Å². The molecule has 2 N–H and O–H groups in total. The molecule has 0 aliphatic carbocycles. The van der Waals surface area contributed by atoms with Gasteiger partial charge in [-0.05, 0) is 25.5 Å². The second-order valence-electron chi connectivity index (χ2n) is 5.24. The Bertz CT molecular complexity index is 294. The van der Waals surface area contributed by atoms with Gasteiger partial charge in [0, 0.05) is 18.2 Å². The maximum Gasteiger partial charge on any atom is 0.310 e. The number of amides is 1. The van der Waals surface area contributed by atoms with Crippen LogP contribution in [0.25, 0.3) is 0 Å². The van der Waals surface area contributed by atoms with Crippen molar-refractivity contribution in [3.05, 3.63) is 0 Å². The molecule has 0 fully saturated rings. The molecule has 0 saturated carbocycles. The van der Waals surface area contributed by atoms with E-state index in [1.165, 1.54) is 0 Å². The minimum atomic E-state index is -0.991. The summed E-state index contributed by atoms with van der Waals surface area (Å²) >= 11 is 1.75. The van der Waals surface area contributed by atoms with Gasteiger partial charge in [-0.2, -0.15) is 11.8 Å². The van der Waals surface area contributed by atoms with E-state index in [1.807, 2.05) is 20.1 Å². The SMILES string of the molecule is CSC(C)CCNC(=O)CC(C)(C(=O)O)C(C)C. The topological polar surface area (TPSA) is 66.4 Å². The third kappa shape index (κ3) is 5.29. The highest BCUT2D eigenvalue weighted by molar-refractivity contribution is 7.99. The van der Waals surface area contributed by atoms with Crippen molar-refractivity contribution < 1.29 is 14.7 Å². The molecule has 0 aliphatic rings. The zero-order valence-corrected chi connectivity index (χ0v) is 12.8. The predicted molar refractivity (Wildman–Crippen MR) is 75.8 cm³/mol. The molecule has 0 spiro atoms. The molecule has 0 aromatic carbocycles. The number of hydrogen-bond donors (Lipinski definition) is 2. The maximum atomic E-state index is 11.8. The normalized spacial score (nSPS) is 16.1. The summed E-state index contributed by atoms with van der Waals surface area (Å²) in [5.41, 5.74) is -0.991. The number of hydrogen-bond acceptors (Lipinski definition) is 3. The quantitative estimate of drug-likeness (QED) is 0.714. The molecule has 0 radical (unpaired) electrons. The Morgan fingerprint density at radius 2 is 1.89 bits per heavy atom. The van der Waals surface area contributed by atoms with Crippen molar-refractivity contribution in [2.75, 3.05) is 12.8 Å². The van der Waals surface area contributed by atoms with Crippen LogP contribution in [0.1, 0.15) is 40.5 Å². The monoisotopic (exact) mass is 275 g/mol. The minimum Gasteiger partial charge on any atom is -0.481 e. The summed E-state index contributed by atoms with van der Waals surface area (Å²) in [6.07, 6.45) is 2.97. The van der Waals surface area contributed by atoms with Crippen LogP contribution in [-0.2, 0) is 9.59 Å². The lowest BCUT2D eigenvalue weighted by atomic mass is 9.76. The van der Waals surface area contributed by atoms with E-state index < -0.39 is 11.4 Å². The van der Waals surface area contributed by atoms with E-state index >= 15 is 0 Å². The van der Waals surface area contributed by atoms with Crippen molar-refractivity contribution in [3.63, 3.8) is 0 Å². The molecular formula is C13H25NO3S. The molecular weight excluding hydrogens is 250 g/mol. The van der Waals surface area contributed by atoms with Crippen LogP contribution in [0.15, 0.2) is 0 Å². The molecule has 0 aromatic rings. The van der Waals surface area contributed by atoms with E-state index in [9.17, 15) is 14.7 Å². The molecule has 0 aromatic heterocycles. The van der Waals surface area contributed by atoms with Crippen molar-refractivity contribution in [1.82, 2.24) is 5.32 Å². The summed E-state index contributed by atoms with van der Waals surface area (Å²) < 4.78 is 0. The number of thioether (sulfide) groups is 1. The van der Waals surface area contributed by atoms with Gasteiger partial charge in [-0.3, -0.25) is 9.59 Å². The third-order valence-electron chi connectivity index (χ3n) is 3.57. The van der Waals surface area contributed by atoms with Gasteiger partial charge in [-0.25, -0.2) is 0 Å². The Kier molecular flexibility index (Phi) is 7.36. The predicted octanol–water partition coefficient (Wildman–Crippen LogP) is 2.38. The van der Waals surface area contributed by atoms with E-state index in [4.69, 9.17) is 0 Å². The van der Waals surface area contributed by atoms with Gasteiger partial charge in [0.05, 0.1) is 5.41 Å². The first kappa shape index (κ1) is 17.3. The fourth-order valence-corrected chi connectivity index (χ4v) is 1.81. The first-order valence-electron chi connectivity index (χ1n) is 6.27. The molecule has 0 aliphatic heterocycles. The lowest BCUT2D eigenvalue weighted by Crippen LogP contribution is -2.39. The van der Waals surface area contributed by atoms with Crippen molar-refractivity contribution in [2.24, 2.45) is 11.3 Å². The van der Waals surface area contributed by atoms with E-state index in [2.05, 4.69) is 12.2 Å². The van der Waals surface area contributed by atoms with Gasteiger partial charge in [0.15, 0.2) is 0 Å². The zero-order chi connectivity index (χ0) is 14.3. The summed E-state index contributed by atoms with van der Waals surface area (Å²) in [5.74, 6) is -1.17. The average Bonchev–Trinajstić information content (AvgIpc) is 2.27. The van der Waals surface area contributed by atoms with Gasteiger partial charge < -0.3 is 10.4 Å². The summed E-state index contributed by atoms with van der Waals surface area (Å²) in [6.45, 7) is 8.00. The average molecular weight is 275 g/mol. The number of carbonyl (C=O) groups excluding carboxylic acids is 1. The van der Waals surface area contributed by atoms with Gasteiger partial charge in [0.25, 0.3) is 0 Å². The number of aliphatic carboxylic acids is 1. The first-order chi connectivity index (χ1) is 8.24. The molecule has 18 heavy (non-hydrogen) atoms. The largest absolute Gasteiger partial charge is 0.481 e. The number of carboxylic acids is 1. The Labute approximate surface area is 114 Å². The molecule has 0 saturated heterocycles. The van der Waals surface area contributed by atoms with Crippen LogP contribution in [0.4, 0.5) is 0 Å². The molecule has 2 unspecified atom stereocenters. The van der Waals surface area contributed by atoms with Crippen molar-refractivity contribution >= 4 is 23.6 Å². The molecule has 1 amide bonds. The maximum absolute atomic E-state index is 11.8. The van der Waals surface area contributed by atoms with E-state index in [0.717, 1.165) is 6.42 Å². The molecule has 106 valence electrons. The Balaban J connectivity index is 4.25. The molecule has 0 bridgehead atoms. The highest BCUT2D eigenvalue weighted by Crippen LogP contribution is 2.31. The van der Waals surface area contributed by atoms with E-state index in [1.54, 1.807) is 18.7 Å². The number of carboxylic acid groups (broad SMARTS) is 1.